The molecule has 0 amide bonds. The van der Waals surface area contributed by atoms with Crippen molar-refractivity contribution in [2.24, 2.45) is 0 Å². The largest absolute Gasteiger partial charge is 0.489 e. The quantitative estimate of drug-likeness (QED) is 0.159. The van der Waals surface area contributed by atoms with Crippen LogP contribution in [0.2, 0.25) is 0 Å². The highest BCUT2D eigenvalue weighted by atomic mass is 16.6. The average Bonchev–Trinajstić information content (AvgIpc) is 3.85. The monoisotopic (exact) mass is 722 g/mol. The number of para-hydroxylation sites is 3. The third kappa shape index (κ3) is 6.28. The Balaban J connectivity index is 0.000000127. The molecule has 4 unspecified atom stereocenters. The van der Waals surface area contributed by atoms with E-state index >= 15 is 0 Å². The Kier molecular flexibility index (Phi) is 10.0. The van der Waals surface area contributed by atoms with Crippen LogP contribution in [0.15, 0.2) is 164 Å². The summed E-state index contributed by atoms with van der Waals surface area (Å²) in [6, 6.07) is 50.7. The molecule has 274 valence electrons. The lowest BCUT2D eigenvalue weighted by molar-refractivity contribution is -0.175. The fourth-order valence-corrected chi connectivity index (χ4v) is 7.27. The number of carbonyl (C=O) groups excluding carboxylic acids is 1. The molecule has 3 heterocycles. The van der Waals surface area contributed by atoms with Crippen LogP contribution in [0.25, 0.3) is 0 Å². The summed E-state index contributed by atoms with van der Waals surface area (Å²) in [7, 11) is 0. The van der Waals surface area contributed by atoms with Gasteiger partial charge in [0.1, 0.15) is 30.5 Å². The van der Waals surface area contributed by atoms with Gasteiger partial charge in [0.15, 0.2) is 16.8 Å². The third-order valence-corrected chi connectivity index (χ3v) is 10.2. The zero-order valence-corrected chi connectivity index (χ0v) is 30.1. The lowest BCUT2D eigenvalue weighted by atomic mass is 9.75. The van der Waals surface area contributed by atoms with Crippen molar-refractivity contribution >= 4 is 5.97 Å². The van der Waals surface area contributed by atoms with Crippen molar-refractivity contribution < 1.29 is 39.1 Å². The zero-order chi connectivity index (χ0) is 37.8. The second kappa shape index (κ2) is 14.8. The van der Waals surface area contributed by atoms with Crippen LogP contribution < -0.4 is 14.2 Å². The first-order chi connectivity index (χ1) is 26.1. The molecule has 4 atom stereocenters. The topological polar surface area (TPSA) is 115 Å². The Hall–Kier alpha value is -5.93. The average molecular weight is 723 g/mol. The van der Waals surface area contributed by atoms with Crippen LogP contribution in [-0.2, 0) is 26.3 Å². The van der Waals surface area contributed by atoms with E-state index in [1.807, 2.05) is 133 Å². The highest BCUT2D eigenvalue weighted by Gasteiger charge is 2.63. The molecule has 0 aliphatic carbocycles. The van der Waals surface area contributed by atoms with Crippen LogP contribution in [-0.4, -0.2) is 46.7 Å². The summed E-state index contributed by atoms with van der Waals surface area (Å²) in [6.07, 6.45) is 0. The van der Waals surface area contributed by atoms with Crippen LogP contribution >= 0.6 is 0 Å². The summed E-state index contributed by atoms with van der Waals surface area (Å²) in [5.41, 5.74) is -0.532. The van der Waals surface area contributed by atoms with Gasteiger partial charge in [-0.05, 0) is 48.7 Å². The predicted molar refractivity (Wildman–Crippen MR) is 204 cm³/mol. The van der Waals surface area contributed by atoms with Gasteiger partial charge in [-0.2, -0.15) is 0 Å². The van der Waals surface area contributed by atoms with E-state index in [2.05, 4.69) is 0 Å². The van der Waals surface area contributed by atoms with Crippen molar-refractivity contribution in [3.05, 3.63) is 197 Å². The smallest absolute Gasteiger partial charge is 0.354 e. The Morgan fingerprint density at radius 1 is 0.537 bits per heavy atom. The highest BCUT2D eigenvalue weighted by Crippen LogP contribution is 2.52. The molecule has 3 N–H and O–H groups in total. The van der Waals surface area contributed by atoms with Crippen molar-refractivity contribution in [1.29, 1.82) is 0 Å². The van der Waals surface area contributed by atoms with Crippen LogP contribution in [0.5, 0.6) is 17.2 Å². The maximum absolute atomic E-state index is 12.5. The van der Waals surface area contributed by atoms with Gasteiger partial charge in [-0.1, -0.05) is 146 Å². The van der Waals surface area contributed by atoms with Crippen LogP contribution in [0.1, 0.15) is 47.2 Å². The standard InChI is InChI=1S/C18H18O4.2C14H12O2/c1-3-21-16(19)17(2)18(20,13-9-5-4-6-10-13)14-11-7-8-12-15(14)22-17;2*15-14(11-6-2-1-3-7-11)10-16-13-9-5-4-8-12(13)14/h4-12,20H,3H2,1-2H3;2*1-9,15H,10H2. The molecular weight excluding hydrogens is 680 g/mol. The van der Waals surface area contributed by atoms with Crippen molar-refractivity contribution in [3.8, 4) is 17.2 Å². The number of hydrogen-bond acceptors (Lipinski definition) is 8. The molecule has 0 saturated heterocycles. The summed E-state index contributed by atoms with van der Waals surface area (Å²) in [5, 5.41) is 32.9. The molecule has 6 aromatic rings. The van der Waals surface area contributed by atoms with E-state index in [4.69, 9.17) is 18.9 Å². The van der Waals surface area contributed by atoms with Gasteiger partial charge in [0.2, 0.25) is 5.60 Å². The summed E-state index contributed by atoms with van der Waals surface area (Å²) in [5.74, 6) is 1.45. The van der Waals surface area contributed by atoms with Gasteiger partial charge < -0.3 is 34.3 Å². The van der Waals surface area contributed by atoms with Crippen LogP contribution in [0.4, 0.5) is 0 Å². The normalized spacial score (nSPS) is 24.0. The minimum Gasteiger partial charge on any atom is -0.489 e. The minimum atomic E-state index is -1.60. The molecule has 0 spiro atoms. The Morgan fingerprint density at radius 3 is 1.35 bits per heavy atom. The third-order valence-electron chi connectivity index (χ3n) is 10.2. The van der Waals surface area contributed by atoms with E-state index in [1.54, 1.807) is 44.2 Å². The first-order valence-electron chi connectivity index (χ1n) is 17.9. The Morgan fingerprint density at radius 2 is 0.907 bits per heavy atom. The first-order valence-corrected chi connectivity index (χ1v) is 17.9. The Labute approximate surface area is 314 Å². The highest BCUT2D eigenvalue weighted by molar-refractivity contribution is 5.85. The number of ether oxygens (including phenoxy) is 4. The fourth-order valence-electron chi connectivity index (χ4n) is 7.27. The Bertz CT molecular complexity index is 2110. The van der Waals surface area contributed by atoms with E-state index in [0.717, 1.165) is 33.8 Å². The number of hydrogen-bond donors (Lipinski definition) is 3. The number of aliphatic hydroxyl groups is 3. The van der Waals surface area contributed by atoms with E-state index in [9.17, 15) is 20.1 Å². The molecule has 3 aliphatic rings. The van der Waals surface area contributed by atoms with Gasteiger partial charge in [0.25, 0.3) is 0 Å². The van der Waals surface area contributed by atoms with Gasteiger partial charge in [-0.15, -0.1) is 0 Å². The van der Waals surface area contributed by atoms with Crippen molar-refractivity contribution in [2.75, 3.05) is 19.8 Å². The summed E-state index contributed by atoms with van der Waals surface area (Å²) >= 11 is 0. The molecule has 8 heteroatoms. The first kappa shape index (κ1) is 36.4. The van der Waals surface area contributed by atoms with Crippen molar-refractivity contribution in [2.45, 2.75) is 36.3 Å². The molecule has 6 aromatic carbocycles. The molecule has 0 radical (unpaired) electrons. The molecule has 0 aromatic heterocycles. The molecule has 0 bridgehead atoms. The minimum absolute atomic E-state index is 0.221. The molecule has 9 rings (SSSR count). The van der Waals surface area contributed by atoms with Crippen LogP contribution in [0.3, 0.4) is 0 Å². The zero-order valence-electron chi connectivity index (χ0n) is 30.1. The van der Waals surface area contributed by atoms with Crippen molar-refractivity contribution in [1.82, 2.24) is 0 Å². The van der Waals surface area contributed by atoms with Gasteiger partial charge in [-0.3, -0.25) is 0 Å². The van der Waals surface area contributed by atoms with Gasteiger partial charge in [0, 0.05) is 16.7 Å². The lowest BCUT2D eigenvalue weighted by Crippen LogP contribution is -2.56. The lowest BCUT2D eigenvalue weighted by Gasteiger charge is -2.36. The van der Waals surface area contributed by atoms with Crippen molar-refractivity contribution in [3.63, 3.8) is 0 Å². The van der Waals surface area contributed by atoms with E-state index in [0.29, 0.717) is 16.9 Å². The summed E-state index contributed by atoms with van der Waals surface area (Å²) in [6.45, 7) is 4.09. The molecule has 0 fully saturated rings. The van der Waals surface area contributed by atoms with E-state index in [1.165, 1.54) is 0 Å². The maximum Gasteiger partial charge on any atom is 0.354 e. The molecule has 8 nitrogen and oxygen atoms in total. The molecular formula is C46H42O8. The second-order valence-corrected chi connectivity index (χ2v) is 13.5. The van der Waals surface area contributed by atoms with Gasteiger partial charge in [0.05, 0.1) is 6.61 Å². The number of esters is 1. The number of benzene rings is 6. The summed E-state index contributed by atoms with van der Waals surface area (Å²) in [4.78, 5) is 12.5. The number of carbonyl (C=O) groups is 1. The summed E-state index contributed by atoms with van der Waals surface area (Å²) < 4.78 is 22.0. The van der Waals surface area contributed by atoms with Crippen LogP contribution in [0, 0.1) is 0 Å². The SMILES string of the molecule is CCOC(=O)C1(C)Oc2ccccc2C1(O)c1ccccc1.OC1(c2ccccc2)COc2ccccc21.OC1(c2ccccc2)COc2ccccc21. The van der Waals surface area contributed by atoms with Gasteiger partial charge >= 0.3 is 5.97 Å². The molecule has 54 heavy (non-hydrogen) atoms. The second-order valence-electron chi connectivity index (χ2n) is 13.5. The number of fused-ring (bicyclic) bond motifs is 3. The van der Waals surface area contributed by atoms with E-state index < -0.39 is 28.4 Å². The van der Waals surface area contributed by atoms with E-state index in [-0.39, 0.29) is 19.8 Å². The number of rotatable bonds is 5. The predicted octanol–water partition coefficient (Wildman–Crippen LogP) is 7.27. The fraction of sp³-hybridized carbons (Fsp3) is 0.196. The molecule has 0 saturated carbocycles. The molecule has 3 aliphatic heterocycles. The van der Waals surface area contributed by atoms with Gasteiger partial charge in [-0.25, -0.2) is 4.79 Å². The maximum atomic E-state index is 12.5.